The lowest BCUT2D eigenvalue weighted by Gasteiger charge is -2.07. The Hall–Kier alpha value is -2.80. The lowest BCUT2D eigenvalue weighted by Crippen LogP contribution is -1.99. The molecule has 0 saturated heterocycles. The number of nitrogens with zero attached hydrogens (tertiary/aromatic N) is 2. The molecule has 0 heterocycles. The third-order valence-electron chi connectivity index (χ3n) is 2.64. The van der Waals surface area contributed by atoms with E-state index in [1.165, 1.54) is 0 Å². The molecular formula is C14H17N3O4. The second-order valence-electron chi connectivity index (χ2n) is 4.02. The number of hydrogen-bond acceptors (Lipinski definition) is 5. The summed E-state index contributed by atoms with van der Waals surface area (Å²) in [5.41, 5.74) is 0.722. The fourth-order valence-corrected chi connectivity index (χ4v) is 1.63. The Morgan fingerprint density at radius 1 is 1.00 bits per heavy atom. The summed E-state index contributed by atoms with van der Waals surface area (Å²) in [7, 11) is 1.60. The molecule has 0 aromatic heterocycles. The van der Waals surface area contributed by atoms with Crippen LogP contribution in [0.1, 0.15) is 5.56 Å². The van der Waals surface area contributed by atoms with Crippen LogP contribution in [-0.2, 0) is 6.54 Å². The normalized spacial score (nSPS) is 10.6. The average molecular weight is 291 g/mol. The third-order valence-corrected chi connectivity index (χ3v) is 2.64. The number of hydrogen-bond donors (Lipinski definition) is 2. The Morgan fingerprint density at radius 2 is 1.48 bits per heavy atom. The van der Waals surface area contributed by atoms with Gasteiger partial charge in [0.1, 0.15) is 17.2 Å². The first-order chi connectivity index (χ1) is 9.71. The maximum absolute atomic E-state index is 10.9. The van der Waals surface area contributed by atoms with Gasteiger partial charge in [0.05, 0.1) is 7.11 Å². The van der Waals surface area contributed by atoms with Gasteiger partial charge in [-0.1, -0.05) is 4.86 Å². The molecule has 2 aromatic carbocycles. The van der Waals surface area contributed by atoms with E-state index in [2.05, 4.69) is 5.28 Å². The first-order valence-corrected chi connectivity index (χ1v) is 5.92. The average Bonchev–Trinajstić information content (AvgIpc) is 2.50. The van der Waals surface area contributed by atoms with E-state index >= 15 is 0 Å². The molecule has 2 rings (SSSR count). The molecule has 2 aromatic rings. The molecule has 0 aliphatic carbocycles. The van der Waals surface area contributed by atoms with Crippen LogP contribution in [0, 0.1) is 5.21 Å². The highest BCUT2D eigenvalue weighted by molar-refractivity contribution is 5.36. The van der Waals surface area contributed by atoms with Gasteiger partial charge in [-0.05, 0) is 48.5 Å². The maximum Gasteiger partial charge on any atom is 0.209 e. The van der Waals surface area contributed by atoms with Gasteiger partial charge in [-0.2, -0.15) is 0 Å². The second-order valence-corrected chi connectivity index (χ2v) is 4.02. The van der Waals surface area contributed by atoms with E-state index in [-0.39, 0.29) is 17.6 Å². The van der Waals surface area contributed by atoms with Crippen LogP contribution in [0.4, 0.5) is 0 Å². The minimum Gasteiger partial charge on any atom is -0.597 e. The summed E-state index contributed by atoms with van der Waals surface area (Å²) >= 11 is 0. The smallest absolute Gasteiger partial charge is 0.209 e. The molecule has 112 valence electrons. The van der Waals surface area contributed by atoms with Gasteiger partial charge in [-0.3, -0.25) is 0 Å². The first-order valence-electron chi connectivity index (χ1n) is 5.92. The van der Waals surface area contributed by atoms with Crippen LogP contribution in [0.5, 0.6) is 17.2 Å². The van der Waals surface area contributed by atoms with Crippen molar-refractivity contribution in [2.24, 2.45) is 5.28 Å². The summed E-state index contributed by atoms with van der Waals surface area (Å²) in [6.45, 7) is -0.0146. The van der Waals surface area contributed by atoms with E-state index < -0.39 is 0 Å². The van der Waals surface area contributed by atoms with Gasteiger partial charge in [0.15, 0.2) is 5.28 Å². The molecule has 0 saturated carbocycles. The Bertz CT molecular complexity index is 582. The Labute approximate surface area is 122 Å². The summed E-state index contributed by atoms with van der Waals surface area (Å²) in [6, 6.07) is 14.2. The first kappa shape index (κ1) is 16.3. The van der Waals surface area contributed by atoms with Gasteiger partial charge < -0.3 is 26.0 Å². The van der Waals surface area contributed by atoms with Crippen molar-refractivity contribution in [3.05, 3.63) is 59.3 Å². The molecule has 0 aliphatic heterocycles. The van der Waals surface area contributed by atoms with Crippen LogP contribution in [-0.4, -0.2) is 17.2 Å². The summed E-state index contributed by atoms with van der Waals surface area (Å²) in [5.74, 6) is 2.10. The Balaban J connectivity index is 0.00000220. The highest BCUT2D eigenvalue weighted by Gasteiger charge is 2.02. The number of methoxy groups -OCH3 is 1. The fourth-order valence-electron chi connectivity index (χ4n) is 1.63. The molecule has 21 heavy (non-hydrogen) atoms. The zero-order valence-corrected chi connectivity index (χ0v) is 11.6. The van der Waals surface area contributed by atoms with E-state index in [1.54, 1.807) is 43.5 Å². The number of benzene rings is 2. The predicted octanol–water partition coefficient (Wildman–Crippen LogP) is 3.50. The molecule has 0 atom stereocenters. The van der Waals surface area contributed by atoms with Crippen molar-refractivity contribution in [1.82, 2.24) is 6.15 Å². The standard InChI is InChI=1S/C14H14N2O4.H3N/c1-19-12-6-8-14(9-7-12)20-13-4-2-11(3-5-13)10-16(18)15-17;/h2-9,17H,10H2,1H3;1H3. The number of hydroxylamine groups is 1. The minimum absolute atomic E-state index is 0. The third kappa shape index (κ3) is 4.66. The predicted molar refractivity (Wildman–Crippen MR) is 76.1 cm³/mol. The van der Waals surface area contributed by atoms with Crippen molar-refractivity contribution in [2.45, 2.75) is 6.54 Å². The van der Waals surface area contributed by atoms with Gasteiger partial charge in [0.25, 0.3) is 0 Å². The molecule has 0 spiro atoms. The molecule has 7 heteroatoms. The van der Waals surface area contributed by atoms with E-state index in [9.17, 15) is 5.21 Å². The fraction of sp³-hybridized carbons (Fsp3) is 0.143. The Morgan fingerprint density at radius 3 is 1.95 bits per heavy atom. The molecule has 0 aliphatic rings. The molecule has 0 radical (unpaired) electrons. The molecule has 0 unspecified atom stereocenters. The molecule has 0 amide bonds. The van der Waals surface area contributed by atoms with E-state index in [4.69, 9.17) is 14.7 Å². The van der Waals surface area contributed by atoms with Crippen molar-refractivity contribution < 1.29 is 19.5 Å². The molecule has 7 nitrogen and oxygen atoms in total. The highest BCUT2D eigenvalue weighted by atomic mass is 16.6. The summed E-state index contributed by atoms with van der Waals surface area (Å²) in [5, 5.41) is 21.7. The molecular weight excluding hydrogens is 274 g/mol. The van der Waals surface area contributed by atoms with Crippen molar-refractivity contribution in [3.8, 4) is 17.2 Å². The van der Waals surface area contributed by atoms with Crippen molar-refractivity contribution in [2.75, 3.05) is 7.11 Å². The van der Waals surface area contributed by atoms with Crippen LogP contribution < -0.4 is 15.6 Å². The van der Waals surface area contributed by atoms with Gasteiger partial charge >= 0.3 is 0 Å². The van der Waals surface area contributed by atoms with E-state index in [1.807, 2.05) is 12.1 Å². The van der Waals surface area contributed by atoms with Crippen LogP contribution in [0.25, 0.3) is 0 Å². The van der Waals surface area contributed by atoms with Gasteiger partial charge in [0.2, 0.25) is 6.54 Å². The zero-order chi connectivity index (χ0) is 14.4. The monoisotopic (exact) mass is 291 g/mol. The van der Waals surface area contributed by atoms with Crippen molar-refractivity contribution in [1.29, 1.82) is 0 Å². The Kier molecular flexibility index (Phi) is 5.97. The zero-order valence-electron chi connectivity index (χ0n) is 11.6. The lowest BCUT2D eigenvalue weighted by molar-refractivity contribution is -0.570. The van der Waals surface area contributed by atoms with Crippen molar-refractivity contribution in [3.63, 3.8) is 0 Å². The van der Waals surface area contributed by atoms with Gasteiger partial charge in [0, 0.05) is 5.56 Å². The minimum atomic E-state index is -0.0146. The van der Waals surface area contributed by atoms with E-state index in [0.29, 0.717) is 11.5 Å². The quantitative estimate of drug-likeness (QED) is 0.497. The van der Waals surface area contributed by atoms with Crippen LogP contribution in [0.3, 0.4) is 0 Å². The van der Waals surface area contributed by atoms with Crippen molar-refractivity contribution >= 4 is 0 Å². The van der Waals surface area contributed by atoms with Crippen LogP contribution >= 0.6 is 0 Å². The summed E-state index contributed by atoms with van der Waals surface area (Å²) in [4.78, 5) is 0.194. The highest BCUT2D eigenvalue weighted by Crippen LogP contribution is 2.24. The van der Waals surface area contributed by atoms with Gasteiger partial charge in [-0.15, -0.1) is 0 Å². The van der Waals surface area contributed by atoms with Crippen LogP contribution in [0.2, 0.25) is 0 Å². The summed E-state index contributed by atoms with van der Waals surface area (Å²) < 4.78 is 10.7. The van der Waals surface area contributed by atoms with E-state index in [0.717, 1.165) is 11.3 Å². The SMILES string of the molecule is COc1ccc(Oc2ccc(C[N+]([O-])=NO)cc2)cc1.N. The number of ether oxygens (including phenoxy) is 2. The maximum atomic E-state index is 10.9. The number of rotatable bonds is 5. The van der Waals surface area contributed by atoms with Gasteiger partial charge in [-0.25, -0.2) is 0 Å². The topological polar surface area (TPSA) is 112 Å². The molecule has 0 fully saturated rings. The summed E-state index contributed by atoms with van der Waals surface area (Å²) in [6.07, 6.45) is 0. The largest absolute Gasteiger partial charge is 0.597 e. The van der Waals surface area contributed by atoms with Crippen LogP contribution in [0.15, 0.2) is 53.8 Å². The lowest BCUT2D eigenvalue weighted by atomic mass is 10.2. The molecule has 4 N–H and O–H groups in total. The molecule has 0 bridgehead atoms. The second kappa shape index (κ2) is 7.71.